The van der Waals surface area contributed by atoms with E-state index >= 15 is 0 Å². The topological polar surface area (TPSA) is 46.2 Å². The van der Waals surface area contributed by atoms with Crippen molar-refractivity contribution in [2.75, 3.05) is 12.3 Å². The molecular formula is C17H29NO2S. The van der Waals surface area contributed by atoms with E-state index in [1.165, 1.54) is 0 Å². The van der Waals surface area contributed by atoms with Gasteiger partial charge in [-0.25, -0.2) is 8.42 Å². The fourth-order valence-corrected chi connectivity index (χ4v) is 4.16. The predicted molar refractivity (Wildman–Crippen MR) is 89.6 cm³/mol. The second kappa shape index (κ2) is 8.54. The van der Waals surface area contributed by atoms with Crippen molar-refractivity contribution >= 4 is 9.84 Å². The molecule has 0 saturated heterocycles. The standard InChI is InChI=1S/C17H29NO2S/c1-5-11-18-16(6-2)8-7-12-21(19,20)17-13-14(3)9-10-15(17)4/h9-10,13,16,18H,5-8,11-12H2,1-4H3. The maximum atomic E-state index is 12.5. The lowest BCUT2D eigenvalue weighted by Gasteiger charge is -2.16. The summed E-state index contributed by atoms with van der Waals surface area (Å²) in [5.74, 6) is 0.238. The highest BCUT2D eigenvalue weighted by atomic mass is 32.2. The molecular weight excluding hydrogens is 282 g/mol. The van der Waals surface area contributed by atoms with Crippen LogP contribution < -0.4 is 5.32 Å². The van der Waals surface area contributed by atoms with Crippen molar-refractivity contribution in [3.05, 3.63) is 29.3 Å². The molecule has 0 aliphatic carbocycles. The molecule has 1 N–H and O–H groups in total. The Morgan fingerprint density at radius 2 is 1.90 bits per heavy atom. The molecule has 0 fully saturated rings. The fraction of sp³-hybridized carbons (Fsp3) is 0.647. The zero-order chi connectivity index (χ0) is 15.9. The van der Waals surface area contributed by atoms with Gasteiger partial charge in [-0.1, -0.05) is 26.0 Å². The summed E-state index contributed by atoms with van der Waals surface area (Å²) < 4.78 is 24.9. The Balaban J connectivity index is 2.62. The van der Waals surface area contributed by atoms with E-state index in [2.05, 4.69) is 19.2 Å². The van der Waals surface area contributed by atoms with Gasteiger partial charge >= 0.3 is 0 Å². The van der Waals surface area contributed by atoms with Crippen LogP contribution in [-0.4, -0.2) is 26.8 Å². The molecule has 0 radical (unpaired) electrons. The lowest BCUT2D eigenvalue weighted by molar-refractivity contribution is 0.463. The first-order chi connectivity index (χ1) is 9.90. The van der Waals surface area contributed by atoms with Crippen molar-refractivity contribution < 1.29 is 8.42 Å². The number of benzene rings is 1. The molecule has 0 heterocycles. The lowest BCUT2D eigenvalue weighted by atomic mass is 10.1. The summed E-state index contributed by atoms with van der Waals surface area (Å²) in [7, 11) is -3.17. The Morgan fingerprint density at radius 3 is 2.52 bits per heavy atom. The number of hydrogen-bond acceptors (Lipinski definition) is 3. The predicted octanol–water partition coefficient (Wildman–Crippen LogP) is 3.64. The van der Waals surface area contributed by atoms with Crippen molar-refractivity contribution in [2.24, 2.45) is 0 Å². The van der Waals surface area contributed by atoms with Crippen LogP contribution >= 0.6 is 0 Å². The Hall–Kier alpha value is -0.870. The average molecular weight is 311 g/mol. The van der Waals surface area contributed by atoms with Crippen LogP contribution in [0.3, 0.4) is 0 Å². The van der Waals surface area contributed by atoms with Crippen molar-refractivity contribution in [3.63, 3.8) is 0 Å². The van der Waals surface area contributed by atoms with Gasteiger partial charge in [0.15, 0.2) is 9.84 Å². The maximum Gasteiger partial charge on any atom is 0.178 e. The SMILES string of the molecule is CCCNC(CC)CCCS(=O)(=O)c1cc(C)ccc1C. The Bertz CT molecular complexity index is 538. The molecule has 120 valence electrons. The van der Waals surface area contributed by atoms with Crippen molar-refractivity contribution in [3.8, 4) is 0 Å². The summed E-state index contributed by atoms with van der Waals surface area (Å²) in [4.78, 5) is 0.497. The van der Waals surface area contributed by atoms with Crippen LogP contribution in [0.25, 0.3) is 0 Å². The van der Waals surface area contributed by atoms with Crippen LogP contribution in [0.4, 0.5) is 0 Å². The van der Waals surface area contributed by atoms with Gasteiger partial charge in [-0.15, -0.1) is 0 Å². The second-order valence-electron chi connectivity index (χ2n) is 5.79. The van der Waals surface area contributed by atoms with Crippen LogP contribution in [0.2, 0.25) is 0 Å². The largest absolute Gasteiger partial charge is 0.314 e. The molecule has 0 spiro atoms. The summed E-state index contributed by atoms with van der Waals surface area (Å²) in [6.45, 7) is 9.09. The van der Waals surface area contributed by atoms with Gasteiger partial charge in [0.05, 0.1) is 10.6 Å². The fourth-order valence-electron chi connectivity index (χ4n) is 2.47. The summed E-state index contributed by atoms with van der Waals surface area (Å²) in [5.41, 5.74) is 1.84. The van der Waals surface area contributed by atoms with Crippen LogP contribution in [0.1, 0.15) is 50.7 Å². The van der Waals surface area contributed by atoms with Gasteiger partial charge in [-0.3, -0.25) is 0 Å². The Morgan fingerprint density at radius 1 is 1.19 bits per heavy atom. The first-order valence-corrected chi connectivity index (χ1v) is 9.59. The van der Waals surface area contributed by atoms with E-state index in [9.17, 15) is 8.42 Å². The highest BCUT2D eigenvalue weighted by Crippen LogP contribution is 2.19. The molecule has 4 heteroatoms. The van der Waals surface area contributed by atoms with Crippen LogP contribution in [-0.2, 0) is 9.84 Å². The van der Waals surface area contributed by atoms with Crippen molar-refractivity contribution in [1.82, 2.24) is 5.32 Å². The summed E-state index contributed by atoms with van der Waals surface area (Å²) in [5, 5.41) is 3.47. The molecule has 1 atom stereocenters. The zero-order valence-electron chi connectivity index (χ0n) is 13.8. The number of sulfone groups is 1. The van der Waals surface area contributed by atoms with Gasteiger partial charge in [0, 0.05) is 6.04 Å². The molecule has 0 aromatic heterocycles. The van der Waals surface area contributed by atoms with Gasteiger partial charge in [0.1, 0.15) is 0 Å². The number of aryl methyl sites for hydroxylation is 2. The summed E-state index contributed by atoms with van der Waals surface area (Å²) in [6, 6.07) is 6.06. The number of nitrogens with one attached hydrogen (secondary N) is 1. The van der Waals surface area contributed by atoms with Crippen LogP contribution in [0.5, 0.6) is 0 Å². The molecule has 0 bridgehead atoms. The monoisotopic (exact) mass is 311 g/mol. The van der Waals surface area contributed by atoms with E-state index in [0.29, 0.717) is 17.4 Å². The highest BCUT2D eigenvalue weighted by Gasteiger charge is 2.17. The maximum absolute atomic E-state index is 12.5. The van der Waals surface area contributed by atoms with E-state index in [0.717, 1.165) is 36.9 Å². The van der Waals surface area contributed by atoms with Crippen LogP contribution in [0, 0.1) is 13.8 Å². The Kier molecular flexibility index (Phi) is 7.40. The van der Waals surface area contributed by atoms with Crippen molar-refractivity contribution in [1.29, 1.82) is 0 Å². The molecule has 3 nitrogen and oxygen atoms in total. The van der Waals surface area contributed by atoms with E-state index in [4.69, 9.17) is 0 Å². The lowest BCUT2D eigenvalue weighted by Crippen LogP contribution is -2.29. The molecule has 21 heavy (non-hydrogen) atoms. The van der Waals surface area contributed by atoms with E-state index in [1.54, 1.807) is 6.07 Å². The number of hydrogen-bond donors (Lipinski definition) is 1. The minimum atomic E-state index is -3.17. The first-order valence-electron chi connectivity index (χ1n) is 7.94. The molecule has 0 aliphatic rings. The van der Waals surface area contributed by atoms with Gasteiger partial charge < -0.3 is 5.32 Å². The third kappa shape index (κ3) is 5.79. The third-order valence-corrected chi connectivity index (χ3v) is 5.76. The molecule has 0 amide bonds. The molecule has 0 aliphatic heterocycles. The molecule has 1 rings (SSSR count). The quantitative estimate of drug-likeness (QED) is 0.757. The highest BCUT2D eigenvalue weighted by molar-refractivity contribution is 7.91. The van der Waals surface area contributed by atoms with Gasteiger partial charge in [-0.05, 0) is 63.3 Å². The zero-order valence-corrected chi connectivity index (χ0v) is 14.6. The molecule has 1 aromatic carbocycles. The van der Waals surface area contributed by atoms with E-state index < -0.39 is 9.84 Å². The van der Waals surface area contributed by atoms with Crippen LogP contribution in [0.15, 0.2) is 23.1 Å². The normalized spacial score (nSPS) is 13.3. The summed E-state index contributed by atoms with van der Waals surface area (Å²) in [6.07, 6.45) is 3.78. The van der Waals surface area contributed by atoms with Gasteiger partial charge in [0.2, 0.25) is 0 Å². The molecule has 0 saturated carbocycles. The van der Waals surface area contributed by atoms with E-state index in [1.807, 2.05) is 26.0 Å². The number of rotatable bonds is 9. The van der Waals surface area contributed by atoms with Gasteiger partial charge in [-0.2, -0.15) is 0 Å². The van der Waals surface area contributed by atoms with Crippen molar-refractivity contribution in [2.45, 2.75) is 64.3 Å². The van der Waals surface area contributed by atoms with E-state index in [-0.39, 0.29) is 5.75 Å². The second-order valence-corrected chi connectivity index (χ2v) is 7.87. The Labute approximate surface area is 130 Å². The summed E-state index contributed by atoms with van der Waals surface area (Å²) >= 11 is 0. The van der Waals surface area contributed by atoms with Gasteiger partial charge in [0.25, 0.3) is 0 Å². The minimum Gasteiger partial charge on any atom is -0.314 e. The molecule has 1 aromatic rings. The molecule has 1 unspecified atom stereocenters. The third-order valence-electron chi connectivity index (χ3n) is 3.82. The first kappa shape index (κ1) is 18.2. The average Bonchev–Trinajstić information content (AvgIpc) is 2.45. The minimum absolute atomic E-state index is 0.238. The smallest absolute Gasteiger partial charge is 0.178 e.